The molecule has 1 aliphatic heterocycles. The van der Waals surface area contributed by atoms with E-state index in [0.717, 1.165) is 11.3 Å². The van der Waals surface area contributed by atoms with Gasteiger partial charge in [0.2, 0.25) is 0 Å². The molecule has 1 aliphatic rings. The molecule has 1 aromatic carbocycles. The third-order valence-electron chi connectivity index (χ3n) is 2.55. The van der Waals surface area contributed by atoms with E-state index in [9.17, 15) is 4.79 Å². The Morgan fingerprint density at radius 2 is 2.22 bits per heavy atom. The molecule has 0 aromatic heterocycles. The molecule has 0 saturated heterocycles. The van der Waals surface area contributed by atoms with Crippen LogP contribution in [0.25, 0.3) is 0 Å². The predicted octanol–water partition coefficient (Wildman–Crippen LogP) is 0.910. The number of aliphatic imine (C=N–C) groups is 1. The fourth-order valence-corrected chi connectivity index (χ4v) is 1.70. The van der Waals surface area contributed by atoms with Crippen LogP contribution in [0.15, 0.2) is 29.3 Å². The second-order valence-electron chi connectivity index (χ2n) is 4.25. The SMILES string of the molecule is CC(=O)Cc1ccc(OCC2CN=C(N)O2)cc1. The second kappa shape index (κ2) is 5.53. The minimum absolute atomic E-state index is 0.109. The lowest BCUT2D eigenvalue weighted by molar-refractivity contribution is -0.116. The number of carbonyl (C=O) groups excluding carboxylic acids is 1. The zero-order valence-electron chi connectivity index (χ0n) is 10.3. The highest BCUT2D eigenvalue weighted by Crippen LogP contribution is 2.14. The highest BCUT2D eigenvalue weighted by molar-refractivity contribution is 5.78. The molecular formula is C13H16N2O3. The number of nitrogens with two attached hydrogens (primary N) is 1. The average Bonchev–Trinajstić information content (AvgIpc) is 2.74. The number of ether oxygens (including phenoxy) is 2. The summed E-state index contributed by atoms with van der Waals surface area (Å²) in [7, 11) is 0. The fourth-order valence-electron chi connectivity index (χ4n) is 1.70. The lowest BCUT2D eigenvalue weighted by atomic mass is 10.1. The van der Waals surface area contributed by atoms with Crippen molar-refractivity contribution in [1.82, 2.24) is 0 Å². The number of Topliss-reactive ketones (excluding diaryl/α,β-unsaturated/α-hetero) is 1. The minimum atomic E-state index is -0.109. The van der Waals surface area contributed by atoms with Gasteiger partial charge in [0.05, 0.1) is 6.54 Å². The first-order chi connectivity index (χ1) is 8.63. The molecule has 2 N–H and O–H groups in total. The van der Waals surface area contributed by atoms with Crippen LogP contribution in [0.2, 0.25) is 0 Å². The van der Waals surface area contributed by atoms with E-state index in [1.807, 2.05) is 24.3 Å². The van der Waals surface area contributed by atoms with Crippen molar-refractivity contribution >= 4 is 11.8 Å². The number of amidine groups is 1. The Balaban J connectivity index is 1.81. The van der Waals surface area contributed by atoms with Gasteiger partial charge >= 0.3 is 0 Å². The summed E-state index contributed by atoms with van der Waals surface area (Å²) in [6, 6.07) is 7.68. The van der Waals surface area contributed by atoms with Gasteiger partial charge in [-0.3, -0.25) is 4.79 Å². The molecule has 1 atom stereocenters. The van der Waals surface area contributed by atoms with E-state index in [2.05, 4.69) is 4.99 Å². The van der Waals surface area contributed by atoms with Crippen LogP contribution in [0.5, 0.6) is 5.75 Å². The summed E-state index contributed by atoms with van der Waals surface area (Å²) < 4.78 is 10.8. The Labute approximate surface area is 106 Å². The largest absolute Gasteiger partial charge is 0.490 e. The van der Waals surface area contributed by atoms with E-state index >= 15 is 0 Å². The molecule has 0 amide bonds. The second-order valence-corrected chi connectivity index (χ2v) is 4.25. The predicted molar refractivity (Wildman–Crippen MR) is 67.7 cm³/mol. The zero-order valence-corrected chi connectivity index (χ0v) is 10.3. The van der Waals surface area contributed by atoms with Crippen LogP contribution >= 0.6 is 0 Å². The van der Waals surface area contributed by atoms with Crippen LogP contribution in [0, 0.1) is 0 Å². The maximum atomic E-state index is 11.0. The van der Waals surface area contributed by atoms with Gasteiger partial charge in [0.15, 0.2) is 6.10 Å². The van der Waals surface area contributed by atoms with Gasteiger partial charge in [-0.1, -0.05) is 12.1 Å². The Morgan fingerprint density at radius 3 is 2.78 bits per heavy atom. The van der Waals surface area contributed by atoms with Gasteiger partial charge < -0.3 is 15.2 Å². The number of hydrogen-bond acceptors (Lipinski definition) is 5. The molecule has 2 rings (SSSR count). The van der Waals surface area contributed by atoms with Gasteiger partial charge in [-0.15, -0.1) is 0 Å². The van der Waals surface area contributed by atoms with Gasteiger partial charge in [0.1, 0.15) is 18.1 Å². The van der Waals surface area contributed by atoms with Gasteiger partial charge in [-0.25, -0.2) is 4.99 Å². The molecule has 0 fully saturated rings. The molecule has 1 unspecified atom stereocenters. The van der Waals surface area contributed by atoms with E-state index in [0.29, 0.717) is 19.6 Å². The smallest absolute Gasteiger partial charge is 0.282 e. The number of nitrogens with zero attached hydrogens (tertiary/aromatic N) is 1. The van der Waals surface area contributed by atoms with E-state index in [1.54, 1.807) is 6.92 Å². The lowest BCUT2D eigenvalue weighted by Crippen LogP contribution is -2.24. The Hall–Kier alpha value is -2.04. The summed E-state index contributed by atoms with van der Waals surface area (Å²) in [5, 5.41) is 0. The van der Waals surface area contributed by atoms with Crippen molar-refractivity contribution in [3.63, 3.8) is 0 Å². The van der Waals surface area contributed by atoms with Crippen LogP contribution in [-0.4, -0.2) is 31.1 Å². The van der Waals surface area contributed by atoms with E-state index in [1.165, 1.54) is 0 Å². The van der Waals surface area contributed by atoms with E-state index < -0.39 is 0 Å². The highest BCUT2D eigenvalue weighted by atomic mass is 16.5. The Bertz CT molecular complexity index is 454. The molecule has 18 heavy (non-hydrogen) atoms. The maximum absolute atomic E-state index is 11.0. The molecule has 0 aliphatic carbocycles. The summed E-state index contributed by atoms with van der Waals surface area (Å²) in [4.78, 5) is 14.9. The average molecular weight is 248 g/mol. The molecule has 5 heteroatoms. The first-order valence-electron chi connectivity index (χ1n) is 5.81. The maximum Gasteiger partial charge on any atom is 0.282 e. The van der Waals surface area contributed by atoms with E-state index in [4.69, 9.17) is 15.2 Å². The molecule has 0 spiro atoms. The van der Waals surface area contributed by atoms with Crippen LogP contribution in [0.1, 0.15) is 12.5 Å². The van der Waals surface area contributed by atoms with Crippen molar-refractivity contribution in [2.45, 2.75) is 19.4 Å². The molecule has 5 nitrogen and oxygen atoms in total. The molecule has 0 saturated carbocycles. The van der Waals surface area contributed by atoms with Crippen LogP contribution in [0.3, 0.4) is 0 Å². The van der Waals surface area contributed by atoms with Crippen molar-refractivity contribution in [3.05, 3.63) is 29.8 Å². The number of rotatable bonds is 5. The topological polar surface area (TPSA) is 73.9 Å². The summed E-state index contributed by atoms with van der Waals surface area (Å²) >= 11 is 0. The number of ketones is 1. The monoisotopic (exact) mass is 248 g/mol. The number of carbonyl (C=O) groups is 1. The summed E-state index contributed by atoms with van der Waals surface area (Å²) in [5.74, 6) is 0.895. The van der Waals surface area contributed by atoms with Gasteiger partial charge in [0, 0.05) is 6.42 Å². The van der Waals surface area contributed by atoms with Crippen LogP contribution in [-0.2, 0) is 16.0 Å². The standard InChI is InChI=1S/C13H16N2O3/c1-9(16)6-10-2-4-11(5-3-10)17-8-12-7-15-13(14)18-12/h2-5,12H,6-8H2,1H3,(H2,14,15). The third kappa shape index (κ3) is 3.48. The Morgan fingerprint density at radius 1 is 1.50 bits per heavy atom. The van der Waals surface area contributed by atoms with Gasteiger partial charge in [-0.05, 0) is 24.6 Å². The fraction of sp³-hybridized carbons (Fsp3) is 0.385. The first-order valence-corrected chi connectivity index (χ1v) is 5.81. The lowest BCUT2D eigenvalue weighted by Gasteiger charge is -2.11. The Kier molecular flexibility index (Phi) is 3.82. The first kappa shape index (κ1) is 12.4. The van der Waals surface area contributed by atoms with Crippen molar-refractivity contribution < 1.29 is 14.3 Å². The summed E-state index contributed by atoms with van der Waals surface area (Å²) in [6.45, 7) is 2.52. The van der Waals surface area contributed by atoms with Gasteiger partial charge in [0.25, 0.3) is 6.02 Å². The molecule has 96 valence electrons. The van der Waals surface area contributed by atoms with Crippen LogP contribution in [0.4, 0.5) is 0 Å². The highest BCUT2D eigenvalue weighted by Gasteiger charge is 2.17. The zero-order chi connectivity index (χ0) is 13.0. The quantitative estimate of drug-likeness (QED) is 0.840. The van der Waals surface area contributed by atoms with Gasteiger partial charge in [-0.2, -0.15) is 0 Å². The normalized spacial score (nSPS) is 18.1. The van der Waals surface area contributed by atoms with Crippen molar-refractivity contribution in [2.24, 2.45) is 10.7 Å². The van der Waals surface area contributed by atoms with Crippen molar-refractivity contribution in [3.8, 4) is 5.75 Å². The molecule has 0 bridgehead atoms. The van der Waals surface area contributed by atoms with E-state index in [-0.39, 0.29) is 17.9 Å². The third-order valence-corrected chi connectivity index (χ3v) is 2.55. The number of benzene rings is 1. The minimum Gasteiger partial charge on any atom is -0.490 e. The summed E-state index contributed by atoms with van der Waals surface area (Å²) in [6.07, 6.45) is 0.345. The van der Waals surface area contributed by atoms with Crippen molar-refractivity contribution in [1.29, 1.82) is 0 Å². The summed E-state index contributed by atoms with van der Waals surface area (Å²) in [5.41, 5.74) is 6.39. The molecular weight excluding hydrogens is 232 g/mol. The molecule has 1 aromatic rings. The van der Waals surface area contributed by atoms with Crippen molar-refractivity contribution in [2.75, 3.05) is 13.2 Å². The number of hydrogen-bond donors (Lipinski definition) is 1. The molecule has 0 radical (unpaired) electrons. The molecule has 1 heterocycles. The van der Waals surface area contributed by atoms with Crippen LogP contribution < -0.4 is 10.5 Å².